The van der Waals surface area contributed by atoms with Crippen molar-refractivity contribution in [3.05, 3.63) is 315 Å². The Balaban J connectivity index is 0.000000215. The van der Waals surface area contributed by atoms with Gasteiger partial charge in [0.1, 0.15) is 17.2 Å². The summed E-state index contributed by atoms with van der Waals surface area (Å²) in [6, 6.07) is 48.9. The number of nitrogens with two attached hydrogens (primary N) is 5. The van der Waals surface area contributed by atoms with Crippen LogP contribution in [0.25, 0.3) is 45.2 Å². The quantitative estimate of drug-likeness (QED) is 0.0191. The molecular weight excluding hydrogens is 2110 g/mol. The first kappa shape index (κ1) is 96.4. The van der Waals surface area contributed by atoms with Crippen LogP contribution < -0.4 is 34.0 Å². The Morgan fingerprint density at radius 3 is 1.25 bits per heavy atom. The molecule has 5 heterocycles. The number of carboxylic acids is 2. The minimum Gasteiger partial charge on any atom is -0.481 e. The lowest BCUT2D eigenvalue weighted by molar-refractivity contribution is -0.384. The zero-order valence-corrected chi connectivity index (χ0v) is 77.3. The molecule has 0 bridgehead atoms. The second-order valence-corrected chi connectivity index (χ2v) is 33.5. The number of hydrogen-bond acceptors (Lipinski definition) is 19. The van der Waals surface area contributed by atoms with Crippen molar-refractivity contribution in [2.45, 2.75) is 62.3 Å². The first-order chi connectivity index (χ1) is 55.6. The molecule has 1 amide bonds. The molecule has 0 saturated carbocycles. The van der Waals surface area contributed by atoms with Crippen molar-refractivity contribution in [3.8, 4) is 34.1 Å². The molecule has 9 aromatic carbocycles. The lowest BCUT2D eigenvalue weighted by Gasteiger charge is -2.11. The predicted molar refractivity (Wildman–Crippen MR) is 505 cm³/mol. The van der Waals surface area contributed by atoms with Crippen molar-refractivity contribution in [2.75, 3.05) is 34.0 Å². The molecule has 14 N–H and O–H groups in total. The van der Waals surface area contributed by atoms with Gasteiger partial charge in [0.05, 0.1) is 103 Å². The molecular formula is C80H76BrCl3I4N18O11S. The highest BCUT2D eigenvalue weighted by atomic mass is 127. The number of halogens is 8. The van der Waals surface area contributed by atoms with Crippen LogP contribution >= 0.6 is 139 Å². The van der Waals surface area contributed by atoms with Gasteiger partial charge in [-0.05, 0) is 301 Å². The van der Waals surface area contributed by atoms with E-state index in [1.165, 1.54) is 33.4 Å². The number of H-pyrrole nitrogens is 1. The topological polar surface area (TPSA) is 454 Å². The highest BCUT2D eigenvalue weighted by Gasteiger charge is 2.16. The number of aromatic carboxylic acids is 1. The van der Waals surface area contributed by atoms with E-state index in [9.17, 15) is 34.6 Å². The number of nitrogens with zero attached hydrogens (tertiary/aromatic N) is 11. The number of aromatic nitrogens is 10. The molecule has 38 heteroatoms. The van der Waals surface area contributed by atoms with Crippen LogP contribution in [0.15, 0.2) is 218 Å². The first-order valence-corrected chi connectivity index (χ1v) is 42.4. The second kappa shape index (κ2) is 46.1. The van der Waals surface area contributed by atoms with Crippen molar-refractivity contribution in [1.29, 1.82) is 0 Å². The van der Waals surface area contributed by atoms with Gasteiger partial charge in [0.2, 0.25) is 9.23 Å². The molecule has 0 radical (unpaired) electrons. The number of nitrogen functional groups attached to an aromatic ring is 5. The summed E-state index contributed by atoms with van der Waals surface area (Å²) in [6.45, 7) is 16.9. The van der Waals surface area contributed by atoms with Crippen LogP contribution in [0, 0.1) is 89.9 Å². The number of amides is 1. The molecule has 14 rings (SSSR count). The number of carbonyl (C=O) groups is 4. The number of carboxylic acid groups (broad SMARTS) is 2. The Hall–Kier alpha value is -10.4. The van der Waals surface area contributed by atoms with E-state index < -0.39 is 36.3 Å². The minimum absolute atomic E-state index is 0.0700. The maximum Gasteiger partial charge on any atom is 0.335 e. The van der Waals surface area contributed by atoms with Crippen LogP contribution in [-0.4, -0.2) is 95.5 Å². The van der Waals surface area contributed by atoms with Gasteiger partial charge in [0, 0.05) is 118 Å². The van der Waals surface area contributed by atoms with Crippen molar-refractivity contribution in [2.24, 2.45) is 0 Å². The van der Waals surface area contributed by atoms with E-state index in [1.807, 2.05) is 148 Å². The smallest absolute Gasteiger partial charge is 0.335 e. The fourth-order valence-corrected chi connectivity index (χ4v) is 12.3. The van der Waals surface area contributed by atoms with Gasteiger partial charge in [0.25, 0.3) is 28.5 Å². The van der Waals surface area contributed by atoms with E-state index >= 15 is 0 Å². The Morgan fingerprint density at radius 2 is 0.847 bits per heavy atom. The monoisotopic (exact) mass is 2190 g/mol. The summed E-state index contributed by atoms with van der Waals surface area (Å²) in [5, 5.41) is 39.5. The summed E-state index contributed by atoms with van der Waals surface area (Å²) < 4.78 is 21.6. The van der Waals surface area contributed by atoms with Gasteiger partial charge in [-0.3, -0.25) is 34.6 Å². The van der Waals surface area contributed by atoms with Gasteiger partial charge in [-0.1, -0.05) is 46.3 Å². The number of carbonyl (C=O) groups excluding carboxylic acids is 2. The highest BCUT2D eigenvalue weighted by Crippen LogP contribution is 2.30. The van der Waals surface area contributed by atoms with E-state index in [0.717, 1.165) is 96.6 Å². The lowest BCUT2D eigenvalue weighted by Crippen LogP contribution is -2.13. The average molecular weight is 2190 g/mol. The lowest BCUT2D eigenvalue weighted by atomic mass is 10.1. The van der Waals surface area contributed by atoms with E-state index in [0.29, 0.717) is 49.6 Å². The van der Waals surface area contributed by atoms with E-state index in [-0.39, 0.29) is 28.7 Å². The number of aryl methyl sites for hydroxylation is 8. The molecule has 118 heavy (non-hydrogen) atoms. The van der Waals surface area contributed by atoms with Crippen LogP contribution in [0.4, 0.5) is 45.5 Å². The van der Waals surface area contributed by atoms with Crippen LogP contribution in [0.1, 0.15) is 83.0 Å². The Kier molecular flexibility index (Phi) is 37.7. The predicted octanol–water partition coefficient (Wildman–Crippen LogP) is 19.9. The number of rotatable bonds is 11. The van der Waals surface area contributed by atoms with Gasteiger partial charge < -0.3 is 67.5 Å². The Labute approximate surface area is 757 Å². The molecule has 0 aliphatic rings. The van der Waals surface area contributed by atoms with Crippen LogP contribution in [0.2, 0.25) is 0 Å². The Morgan fingerprint density at radius 1 is 0.483 bits per heavy atom. The van der Waals surface area contributed by atoms with Gasteiger partial charge in [-0.2, -0.15) is 0 Å². The number of nitro groups is 2. The summed E-state index contributed by atoms with van der Waals surface area (Å²) in [5.74, 6) is -0.981. The average Bonchev–Trinajstić information content (AvgIpc) is 1.65. The number of anilines is 6. The van der Waals surface area contributed by atoms with Crippen LogP contribution in [0.3, 0.4) is 0 Å². The summed E-state index contributed by atoms with van der Waals surface area (Å²) >= 11 is 17.3. The number of benzene rings is 9. The molecule has 0 aliphatic carbocycles. The molecule has 0 unspecified atom stereocenters. The number of hydrogen-bond donors (Lipinski definition) is 9. The zero-order valence-electron chi connectivity index (χ0n) is 64.0. The summed E-state index contributed by atoms with van der Waals surface area (Å²) in [7, 11) is 7.36. The van der Waals surface area contributed by atoms with E-state index in [4.69, 9.17) is 64.5 Å². The number of imidazole rings is 5. The number of aliphatic carboxylic acids is 1. The standard InChI is InChI=1S/C18H17IN4O.C18H15IN4.C10H10N4O2.C10H12N4.C8H6ClIO.C8H7IO2.C6H5BrN2O2.C2H4O2.Cl2OS/c1-11-3-4-13(7-15(11)19)18(24)22-17-6-5-14(8-16(17)20)23-9-12(2)21-10-23;1-11-3-4-13(7-15(11)19)18-21-16-6-5-14(8-17(16)22-18)23-9-12(2)20-10-23;1-7-5-13(6-12-7)8-2-3-9(11)10(4-8)14(15)16;1-7-5-14(6-13-7)8-2-3-9(11)10(12)4-8;1-5-2-3-6(8(9)11)4-7(5)10;1-5-2-3-6(8(10)11)4-7(5)9;7-4-1-2-5(8)6(3-4)9(10)11;1-2(3)4;1-4(2)3/h3-10H,20H2,1-2H3,(H,22,24);3-10H,1-2H3,(H,21,22);2-6H,11H2,1H3;2-6H,11-12H2,1H3;2-4H,1H3;2-4H,1H3,(H,10,11);1-3H,8H2;1H3,(H,3,4);. The fourth-order valence-electron chi connectivity index (χ4n) is 9.73. The summed E-state index contributed by atoms with van der Waals surface area (Å²) in [4.78, 5) is 87.3. The molecule has 0 aliphatic heterocycles. The van der Waals surface area contributed by atoms with E-state index in [2.05, 4.69) is 195 Å². The van der Waals surface area contributed by atoms with E-state index in [1.54, 1.807) is 78.3 Å². The third kappa shape index (κ3) is 30.5. The third-order valence-electron chi connectivity index (χ3n) is 16.0. The van der Waals surface area contributed by atoms with Gasteiger partial charge in [-0.25, -0.2) is 33.9 Å². The summed E-state index contributed by atoms with van der Waals surface area (Å²) in [5.41, 5.74) is 47.4. The van der Waals surface area contributed by atoms with Crippen molar-refractivity contribution < 1.29 is 43.4 Å². The SMILES string of the molecule is CC(=O)O.Cc1ccc(C(=O)Cl)cc1I.Cc1ccc(C(=O)O)cc1I.Cc1cn(-c2ccc(N)c(N)c2)cn1.Cc1cn(-c2ccc(N)c([N+](=O)[O-])c2)cn1.Cc1cn(-c2ccc(NC(=O)c3ccc(C)c(I)c3)c(N)c2)cn1.Cc1cn(-c2ccc3nc(-c4ccc(C)c(I)c4)[nH]c3c2)cn1.Nc1ccc(Br)cc1[N+](=O)[O-].O=S(Cl)Cl. The maximum atomic E-state index is 12.4. The van der Waals surface area contributed by atoms with Crippen LogP contribution in [0.5, 0.6) is 0 Å². The largest absolute Gasteiger partial charge is 0.481 e. The molecule has 0 saturated heterocycles. The fraction of sp³-hybridized carbons (Fsp3) is 0.113. The minimum atomic E-state index is -1.67. The van der Waals surface area contributed by atoms with Crippen molar-refractivity contribution >= 4 is 228 Å². The molecule has 0 atom stereocenters. The first-order valence-electron chi connectivity index (χ1n) is 34.1. The Bertz CT molecular complexity index is 5880. The van der Waals surface area contributed by atoms with Crippen molar-refractivity contribution in [3.63, 3.8) is 0 Å². The zero-order chi connectivity index (χ0) is 87.5. The number of fused-ring (bicyclic) bond motifs is 1. The number of aromatic amines is 1. The third-order valence-corrected chi connectivity index (χ3v) is 21.3. The second-order valence-electron chi connectivity index (χ2n) is 25.1. The van der Waals surface area contributed by atoms with Crippen LogP contribution in [-0.2, 0) is 14.0 Å². The van der Waals surface area contributed by atoms with Gasteiger partial charge in [0.15, 0.2) is 0 Å². The normalized spacial score (nSPS) is 10.2. The summed E-state index contributed by atoms with van der Waals surface area (Å²) in [6.07, 6.45) is 14.6. The molecule has 5 aromatic heterocycles. The molecule has 0 spiro atoms. The molecule has 14 aromatic rings. The highest BCUT2D eigenvalue weighted by molar-refractivity contribution is 14.1. The number of nitro benzene ring substituents is 2. The van der Waals surface area contributed by atoms with Gasteiger partial charge >= 0.3 is 5.97 Å². The molecule has 0 fully saturated rings. The molecule has 614 valence electrons. The maximum absolute atomic E-state index is 12.4. The van der Waals surface area contributed by atoms with Gasteiger partial charge in [-0.15, -0.1) is 0 Å². The van der Waals surface area contributed by atoms with Crippen molar-refractivity contribution in [1.82, 2.24) is 48.2 Å². The molecule has 29 nitrogen and oxygen atoms in total. The number of nitrogens with one attached hydrogen (secondary N) is 2.